The van der Waals surface area contributed by atoms with Gasteiger partial charge in [0.25, 0.3) is 0 Å². The summed E-state index contributed by atoms with van der Waals surface area (Å²) in [6.45, 7) is 1.93. The maximum Gasteiger partial charge on any atom is 0.126 e. The number of aromatic nitrogens is 1. The fourth-order valence-electron chi connectivity index (χ4n) is 1.94. The molecule has 0 aliphatic rings. The molecule has 18 heavy (non-hydrogen) atoms. The zero-order valence-electron chi connectivity index (χ0n) is 10.2. The smallest absolute Gasteiger partial charge is 0.126 e. The second kappa shape index (κ2) is 5.54. The van der Waals surface area contributed by atoms with Crippen molar-refractivity contribution < 1.29 is 8.78 Å². The molecule has 0 saturated carbocycles. The first-order valence-electron chi connectivity index (χ1n) is 5.62. The number of benzene rings is 1. The van der Waals surface area contributed by atoms with Crippen LogP contribution >= 0.6 is 11.3 Å². The van der Waals surface area contributed by atoms with Gasteiger partial charge in [-0.15, -0.1) is 11.3 Å². The molecule has 5 heteroatoms. The summed E-state index contributed by atoms with van der Waals surface area (Å²) < 4.78 is 26.3. The maximum atomic E-state index is 13.1. The molecule has 0 amide bonds. The minimum atomic E-state index is -0.541. The lowest BCUT2D eigenvalue weighted by Crippen LogP contribution is -2.18. The van der Waals surface area contributed by atoms with Gasteiger partial charge in [0.05, 0.1) is 11.2 Å². The molecule has 2 rings (SSSR count). The molecule has 1 N–H and O–H groups in total. The predicted molar refractivity (Wildman–Crippen MR) is 68.7 cm³/mol. The highest BCUT2D eigenvalue weighted by Crippen LogP contribution is 2.25. The van der Waals surface area contributed by atoms with E-state index >= 15 is 0 Å². The van der Waals surface area contributed by atoms with Crippen molar-refractivity contribution in [3.63, 3.8) is 0 Å². The van der Waals surface area contributed by atoms with E-state index < -0.39 is 11.6 Å². The Bertz CT molecular complexity index is 519. The first-order valence-corrected chi connectivity index (χ1v) is 6.50. The van der Waals surface area contributed by atoms with Crippen LogP contribution in [-0.2, 0) is 6.42 Å². The molecular weight excluding hydrogens is 254 g/mol. The molecule has 0 bridgehead atoms. The second-order valence-corrected chi connectivity index (χ2v) is 5.01. The Labute approximate surface area is 109 Å². The summed E-state index contributed by atoms with van der Waals surface area (Å²) >= 11 is 1.55. The number of hydrogen-bond donors (Lipinski definition) is 1. The van der Waals surface area contributed by atoms with Crippen LogP contribution < -0.4 is 5.32 Å². The number of halogens is 2. The number of likely N-dealkylation sites (N-methyl/N-ethyl adjacent to an activating group) is 1. The Morgan fingerprint density at radius 2 is 1.94 bits per heavy atom. The van der Waals surface area contributed by atoms with Crippen molar-refractivity contribution in [2.24, 2.45) is 0 Å². The van der Waals surface area contributed by atoms with Gasteiger partial charge in [0.1, 0.15) is 11.6 Å². The van der Waals surface area contributed by atoms with Gasteiger partial charge in [0.15, 0.2) is 0 Å². The van der Waals surface area contributed by atoms with Gasteiger partial charge in [-0.2, -0.15) is 0 Å². The molecular formula is C13H14F2N2S. The minimum absolute atomic E-state index is 0.0266. The van der Waals surface area contributed by atoms with Crippen LogP contribution in [0.4, 0.5) is 8.78 Å². The van der Waals surface area contributed by atoms with Crippen molar-refractivity contribution in [3.8, 4) is 0 Å². The molecule has 0 aliphatic heterocycles. The molecule has 1 aromatic carbocycles. The van der Waals surface area contributed by atoms with Gasteiger partial charge in [0.2, 0.25) is 0 Å². The van der Waals surface area contributed by atoms with E-state index in [1.165, 1.54) is 12.1 Å². The van der Waals surface area contributed by atoms with Crippen molar-refractivity contribution in [1.82, 2.24) is 10.3 Å². The average Bonchev–Trinajstić information content (AvgIpc) is 2.71. The summed E-state index contributed by atoms with van der Waals surface area (Å²) in [6.07, 6.45) is 0.536. The van der Waals surface area contributed by atoms with E-state index in [0.717, 1.165) is 16.6 Å². The molecule has 96 valence electrons. The molecule has 1 unspecified atom stereocenters. The first-order chi connectivity index (χ1) is 8.60. The Kier molecular flexibility index (Phi) is 4.04. The van der Waals surface area contributed by atoms with Crippen LogP contribution in [0.1, 0.15) is 22.2 Å². The van der Waals surface area contributed by atoms with Gasteiger partial charge in [-0.3, -0.25) is 0 Å². The Morgan fingerprint density at radius 1 is 1.28 bits per heavy atom. The summed E-state index contributed by atoms with van der Waals surface area (Å²) in [5.74, 6) is -1.08. The van der Waals surface area contributed by atoms with Crippen molar-refractivity contribution in [1.29, 1.82) is 0 Å². The van der Waals surface area contributed by atoms with Crippen molar-refractivity contribution in [3.05, 3.63) is 51.5 Å². The van der Waals surface area contributed by atoms with Crippen LogP contribution in [0, 0.1) is 18.6 Å². The third kappa shape index (κ3) is 2.91. The Hall–Kier alpha value is -1.33. The highest BCUT2D eigenvalue weighted by molar-refractivity contribution is 7.09. The number of thiazole rings is 1. The van der Waals surface area contributed by atoms with Crippen LogP contribution in [0.5, 0.6) is 0 Å². The van der Waals surface area contributed by atoms with E-state index in [-0.39, 0.29) is 6.04 Å². The molecule has 2 nitrogen and oxygen atoms in total. The Morgan fingerprint density at radius 3 is 2.44 bits per heavy atom. The first kappa shape index (κ1) is 13.1. The lowest BCUT2D eigenvalue weighted by atomic mass is 10.0. The zero-order valence-corrected chi connectivity index (χ0v) is 11.0. The van der Waals surface area contributed by atoms with Gasteiger partial charge in [-0.1, -0.05) is 0 Å². The summed E-state index contributed by atoms with van der Waals surface area (Å²) in [6, 6.07) is 3.64. The summed E-state index contributed by atoms with van der Waals surface area (Å²) in [7, 11) is 1.83. The van der Waals surface area contributed by atoms with E-state index in [1.54, 1.807) is 16.8 Å². The standard InChI is InChI=1S/C13H14F2N2S/c1-8-13(18-7-17-8)12(16-2)5-9-3-10(14)6-11(15)4-9/h3-4,6-7,12,16H,5H2,1-2H3. The number of nitrogens with zero attached hydrogens (tertiary/aromatic N) is 1. The molecule has 0 aliphatic carbocycles. The molecule has 0 fully saturated rings. The van der Waals surface area contributed by atoms with Gasteiger partial charge in [-0.05, 0) is 38.1 Å². The fourth-order valence-corrected chi connectivity index (χ4v) is 2.85. The number of rotatable bonds is 4. The van der Waals surface area contributed by atoms with Crippen LogP contribution in [-0.4, -0.2) is 12.0 Å². The van der Waals surface area contributed by atoms with E-state index in [2.05, 4.69) is 10.3 Å². The van der Waals surface area contributed by atoms with Crippen molar-refractivity contribution >= 4 is 11.3 Å². The molecule has 1 atom stereocenters. The Balaban J connectivity index is 2.23. The minimum Gasteiger partial charge on any atom is -0.312 e. The maximum absolute atomic E-state index is 13.1. The normalized spacial score (nSPS) is 12.7. The van der Waals surface area contributed by atoms with E-state index in [9.17, 15) is 8.78 Å². The van der Waals surface area contributed by atoms with Crippen LogP contribution in [0.25, 0.3) is 0 Å². The van der Waals surface area contributed by atoms with Gasteiger partial charge < -0.3 is 5.32 Å². The van der Waals surface area contributed by atoms with Crippen molar-refractivity contribution in [2.45, 2.75) is 19.4 Å². The van der Waals surface area contributed by atoms with Crippen LogP contribution in [0.3, 0.4) is 0 Å². The molecule has 0 radical (unpaired) electrons. The van der Waals surface area contributed by atoms with E-state index in [1.807, 2.05) is 14.0 Å². The summed E-state index contributed by atoms with van der Waals surface area (Å²) in [4.78, 5) is 5.29. The SMILES string of the molecule is CNC(Cc1cc(F)cc(F)c1)c1scnc1C. The lowest BCUT2D eigenvalue weighted by Gasteiger charge is -2.15. The number of aryl methyl sites for hydroxylation is 1. The fraction of sp³-hybridized carbons (Fsp3) is 0.308. The number of hydrogen-bond acceptors (Lipinski definition) is 3. The largest absolute Gasteiger partial charge is 0.312 e. The molecule has 1 heterocycles. The second-order valence-electron chi connectivity index (χ2n) is 4.13. The van der Waals surface area contributed by atoms with Gasteiger partial charge in [-0.25, -0.2) is 13.8 Å². The zero-order chi connectivity index (χ0) is 13.1. The summed E-state index contributed by atoms with van der Waals surface area (Å²) in [5.41, 5.74) is 3.37. The van der Waals surface area contributed by atoms with E-state index in [0.29, 0.717) is 12.0 Å². The highest BCUT2D eigenvalue weighted by Gasteiger charge is 2.15. The molecule has 2 aromatic rings. The molecule has 0 saturated heterocycles. The quantitative estimate of drug-likeness (QED) is 0.921. The van der Waals surface area contributed by atoms with Crippen LogP contribution in [0.2, 0.25) is 0 Å². The molecule has 0 spiro atoms. The summed E-state index contributed by atoms with van der Waals surface area (Å²) in [5, 5.41) is 3.16. The van der Waals surface area contributed by atoms with Crippen LogP contribution in [0.15, 0.2) is 23.7 Å². The number of nitrogens with one attached hydrogen (secondary N) is 1. The van der Waals surface area contributed by atoms with Gasteiger partial charge in [0, 0.05) is 17.0 Å². The predicted octanol–water partition coefficient (Wildman–Crippen LogP) is 3.23. The third-order valence-corrected chi connectivity index (χ3v) is 3.85. The third-order valence-electron chi connectivity index (χ3n) is 2.81. The highest BCUT2D eigenvalue weighted by atomic mass is 32.1. The molecule has 1 aromatic heterocycles. The monoisotopic (exact) mass is 268 g/mol. The lowest BCUT2D eigenvalue weighted by molar-refractivity contribution is 0.564. The topological polar surface area (TPSA) is 24.9 Å². The van der Waals surface area contributed by atoms with Crippen molar-refractivity contribution in [2.75, 3.05) is 7.05 Å². The van der Waals surface area contributed by atoms with Gasteiger partial charge >= 0.3 is 0 Å². The average molecular weight is 268 g/mol. The van der Waals surface area contributed by atoms with E-state index in [4.69, 9.17) is 0 Å².